The van der Waals surface area contributed by atoms with E-state index in [2.05, 4.69) is 15.6 Å². The molecule has 0 bridgehead atoms. The molecule has 3 rings (SSSR count). The van der Waals surface area contributed by atoms with Gasteiger partial charge in [0.1, 0.15) is 11.8 Å². The molecule has 6 nitrogen and oxygen atoms in total. The summed E-state index contributed by atoms with van der Waals surface area (Å²) in [6.07, 6.45) is 2.27. The average Bonchev–Trinajstić information content (AvgIpc) is 3.09. The van der Waals surface area contributed by atoms with E-state index in [9.17, 15) is 9.59 Å². The van der Waals surface area contributed by atoms with Gasteiger partial charge in [-0.1, -0.05) is 36.4 Å². The van der Waals surface area contributed by atoms with Crippen LogP contribution in [-0.4, -0.2) is 35.5 Å². The number of carbonyl (C=O) groups is 2. The maximum Gasteiger partial charge on any atom is 0.258 e. The molecule has 0 spiro atoms. The molecule has 28 heavy (non-hydrogen) atoms. The standard InChI is InChI=1S/C22H25N3O3/c1-15(2)24-22(27)20(12-16-13-23-19-11-7-6-10-18(16)19)25-21(26)14-28-17-8-4-3-5-9-17/h3-11,13,15,20,23H,12,14H2,1-2H3,(H,24,27)(H,25,26)/t20-/m0/s1. The highest BCUT2D eigenvalue weighted by molar-refractivity contribution is 5.90. The van der Waals surface area contributed by atoms with Crippen molar-refractivity contribution in [3.8, 4) is 5.75 Å². The molecule has 0 aliphatic heterocycles. The Balaban J connectivity index is 1.69. The van der Waals surface area contributed by atoms with Crippen molar-refractivity contribution >= 4 is 22.7 Å². The number of carbonyl (C=O) groups excluding carboxylic acids is 2. The van der Waals surface area contributed by atoms with E-state index in [1.165, 1.54) is 0 Å². The molecular weight excluding hydrogens is 354 g/mol. The van der Waals surface area contributed by atoms with Gasteiger partial charge in [-0.3, -0.25) is 9.59 Å². The number of rotatable bonds is 8. The van der Waals surface area contributed by atoms with E-state index in [1.54, 1.807) is 12.1 Å². The summed E-state index contributed by atoms with van der Waals surface area (Å²) in [4.78, 5) is 28.2. The zero-order valence-electron chi connectivity index (χ0n) is 16.1. The minimum absolute atomic E-state index is 0.0181. The highest BCUT2D eigenvalue weighted by atomic mass is 16.5. The lowest BCUT2D eigenvalue weighted by Crippen LogP contribution is -2.50. The van der Waals surface area contributed by atoms with Crippen LogP contribution >= 0.6 is 0 Å². The van der Waals surface area contributed by atoms with Crippen LogP contribution in [-0.2, 0) is 16.0 Å². The number of H-pyrrole nitrogens is 1. The Kier molecular flexibility index (Phi) is 6.32. The fourth-order valence-electron chi connectivity index (χ4n) is 3.02. The van der Waals surface area contributed by atoms with Crippen LogP contribution in [0.15, 0.2) is 60.8 Å². The molecule has 1 aromatic heterocycles. The van der Waals surface area contributed by atoms with Crippen molar-refractivity contribution in [1.82, 2.24) is 15.6 Å². The van der Waals surface area contributed by atoms with Gasteiger partial charge < -0.3 is 20.4 Å². The minimum atomic E-state index is -0.687. The van der Waals surface area contributed by atoms with E-state index in [0.717, 1.165) is 16.5 Å². The molecule has 0 saturated carbocycles. The Labute approximate surface area is 164 Å². The summed E-state index contributed by atoms with van der Waals surface area (Å²) in [5.74, 6) is 0.0541. The second-order valence-corrected chi connectivity index (χ2v) is 6.95. The summed E-state index contributed by atoms with van der Waals surface area (Å²) in [6, 6.07) is 16.3. The molecule has 2 aromatic carbocycles. The number of nitrogens with one attached hydrogen (secondary N) is 3. The quantitative estimate of drug-likeness (QED) is 0.563. The second kappa shape index (κ2) is 9.08. The van der Waals surface area contributed by atoms with Crippen LogP contribution in [0.1, 0.15) is 19.4 Å². The monoisotopic (exact) mass is 379 g/mol. The fourth-order valence-corrected chi connectivity index (χ4v) is 3.02. The molecule has 0 radical (unpaired) electrons. The normalized spacial score (nSPS) is 12.0. The van der Waals surface area contributed by atoms with E-state index >= 15 is 0 Å². The van der Waals surface area contributed by atoms with Crippen molar-refractivity contribution in [2.45, 2.75) is 32.4 Å². The topological polar surface area (TPSA) is 83.2 Å². The molecule has 6 heteroatoms. The number of aromatic amines is 1. The fraction of sp³-hybridized carbons (Fsp3) is 0.273. The van der Waals surface area contributed by atoms with Crippen LogP contribution in [0.2, 0.25) is 0 Å². The first-order valence-corrected chi connectivity index (χ1v) is 9.35. The van der Waals surface area contributed by atoms with Crippen LogP contribution in [0.5, 0.6) is 5.75 Å². The van der Waals surface area contributed by atoms with Crippen LogP contribution < -0.4 is 15.4 Å². The lowest BCUT2D eigenvalue weighted by Gasteiger charge is -2.20. The molecule has 2 amide bonds. The van der Waals surface area contributed by atoms with Crippen LogP contribution in [0.25, 0.3) is 10.9 Å². The average molecular weight is 379 g/mol. The van der Waals surface area contributed by atoms with Crippen LogP contribution in [0.4, 0.5) is 0 Å². The van der Waals surface area contributed by atoms with Gasteiger partial charge in [0, 0.05) is 29.6 Å². The number of hydrogen-bond donors (Lipinski definition) is 3. The lowest BCUT2D eigenvalue weighted by molar-refractivity contribution is -0.130. The number of ether oxygens (including phenoxy) is 1. The second-order valence-electron chi connectivity index (χ2n) is 6.95. The maximum absolute atomic E-state index is 12.6. The smallest absolute Gasteiger partial charge is 0.258 e. The molecule has 0 aliphatic rings. The van der Waals surface area contributed by atoms with Gasteiger partial charge in [0.15, 0.2) is 6.61 Å². The van der Waals surface area contributed by atoms with Crippen molar-refractivity contribution in [3.63, 3.8) is 0 Å². The number of aromatic nitrogens is 1. The third kappa shape index (κ3) is 5.13. The zero-order valence-corrected chi connectivity index (χ0v) is 16.1. The maximum atomic E-state index is 12.6. The molecule has 0 saturated heterocycles. The third-order valence-corrected chi connectivity index (χ3v) is 4.29. The van der Waals surface area contributed by atoms with Gasteiger partial charge in [-0.25, -0.2) is 0 Å². The van der Waals surface area contributed by atoms with Gasteiger partial charge in [-0.2, -0.15) is 0 Å². The van der Waals surface area contributed by atoms with Gasteiger partial charge in [-0.15, -0.1) is 0 Å². The van der Waals surface area contributed by atoms with E-state index in [0.29, 0.717) is 12.2 Å². The Hall–Kier alpha value is -3.28. The molecule has 0 unspecified atom stereocenters. The number of fused-ring (bicyclic) bond motifs is 1. The van der Waals surface area contributed by atoms with Gasteiger partial charge >= 0.3 is 0 Å². The highest BCUT2D eigenvalue weighted by Gasteiger charge is 2.23. The summed E-state index contributed by atoms with van der Waals surface area (Å²) in [7, 11) is 0. The first-order chi connectivity index (χ1) is 13.5. The van der Waals surface area contributed by atoms with Gasteiger partial charge in [0.25, 0.3) is 5.91 Å². The van der Waals surface area contributed by atoms with Crippen molar-refractivity contribution in [2.24, 2.45) is 0 Å². The number of benzene rings is 2. The van der Waals surface area contributed by atoms with Gasteiger partial charge in [0.05, 0.1) is 0 Å². The van der Waals surface area contributed by atoms with E-state index in [1.807, 2.05) is 62.5 Å². The minimum Gasteiger partial charge on any atom is -0.484 e. The van der Waals surface area contributed by atoms with Crippen molar-refractivity contribution in [3.05, 3.63) is 66.4 Å². The van der Waals surface area contributed by atoms with Crippen molar-refractivity contribution < 1.29 is 14.3 Å². The van der Waals surface area contributed by atoms with Crippen molar-refractivity contribution in [1.29, 1.82) is 0 Å². The van der Waals surface area contributed by atoms with E-state index in [4.69, 9.17) is 4.74 Å². The molecule has 1 atom stereocenters. The van der Waals surface area contributed by atoms with Crippen molar-refractivity contribution in [2.75, 3.05) is 6.61 Å². The Bertz CT molecular complexity index is 934. The van der Waals surface area contributed by atoms with Crippen LogP contribution in [0, 0.1) is 0 Å². The van der Waals surface area contributed by atoms with E-state index in [-0.39, 0.29) is 24.5 Å². The summed E-state index contributed by atoms with van der Waals surface area (Å²) >= 11 is 0. The number of hydrogen-bond acceptors (Lipinski definition) is 3. The Morgan fingerprint density at radius 2 is 1.71 bits per heavy atom. The van der Waals surface area contributed by atoms with E-state index < -0.39 is 6.04 Å². The Morgan fingerprint density at radius 3 is 2.46 bits per heavy atom. The predicted octanol–water partition coefficient (Wildman–Crippen LogP) is 2.80. The Morgan fingerprint density at radius 1 is 1.00 bits per heavy atom. The first kappa shape index (κ1) is 19.5. The molecule has 146 valence electrons. The largest absolute Gasteiger partial charge is 0.484 e. The predicted molar refractivity (Wildman–Crippen MR) is 109 cm³/mol. The molecule has 1 heterocycles. The lowest BCUT2D eigenvalue weighted by atomic mass is 10.0. The third-order valence-electron chi connectivity index (χ3n) is 4.29. The number of amides is 2. The van der Waals surface area contributed by atoms with Gasteiger partial charge in [0.2, 0.25) is 5.91 Å². The molecule has 3 aromatic rings. The van der Waals surface area contributed by atoms with Gasteiger partial charge in [-0.05, 0) is 37.6 Å². The highest BCUT2D eigenvalue weighted by Crippen LogP contribution is 2.19. The summed E-state index contributed by atoms with van der Waals surface area (Å²) < 4.78 is 5.49. The molecule has 3 N–H and O–H groups in total. The molecule has 0 aliphatic carbocycles. The first-order valence-electron chi connectivity index (χ1n) is 9.35. The zero-order chi connectivity index (χ0) is 19.9. The summed E-state index contributed by atoms with van der Waals surface area (Å²) in [6.45, 7) is 3.63. The molecular formula is C22H25N3O3. The summed E-state index contributed by atoms with van der Waals surface area (Å²) in [5, 5.41) is 6.72. The number of para-hydroxylation sites is 2. The van der Waals surface area contributed by atoms with Crippen LogP contribution in [0.3, 0.4) is 0 Å². The SMILES string of the molecule is CC(C)NC(=O)[C@H](Cc1c[nH]c2ccccc12)NC(=O)COc1ccccc1. The molecule has 0 fully saturated rings. The summed E-state index contributed by atoms with van der Waals surface area (Å²) in [5.41, 5.74) is 1.98.